The lowest BCUT2D eigenvalue weighted by atomic mass is 10.1. The van der Waals surface area contributed by atoms with E-state index in [4.69, 9.17) is 4.74 Å². The van der Waals surface area contributed by atoms with E-state index >= 15 is 0 Å². The predicted octanol–water partition coefficient (Wildman–Crippen LogP) is 6.11. The first-order valence-electron chi connectivity index (χ1n) is 8.23. The van der Waals surface area contributed by atoms with Gasteiger partial charge in [-0.1, -0.05) is 42.5 Å². The second-order valence-corrected chi connectivity index (χ2v) is 7.68. The Morgan fingerprint density at radius 2 is 1.59 bits per heavy atom. The highest BCUT2D eigenvalue weighted by atomic mass is 79.9. The predicted molar refractivity (Wildman–Crippen MR) is 113 cm³/mol. The van der Waals surface area contributed by atoms with Crippen molar-refractivity contribution in [1.82, 2.24) is 10.2 Å². The van der Waals surface area contributed by atoms with Crippen molar-refractivity contribution in [3.63, 3.8) is 0 Å². The second-order valence-electron chi connectivity index (χ2n) is 5.97. The Bertz CT molecular complexity index is 1090. The normalized spacial score (nSPS) is 10.9. The molecule has 0 unspecified atom stereocenters. The Hall–Kier alpha value is -2.44. The molecule has 134 valence electrons. The Morgan fingerprint density at radius 3 is 2.33 bits per heavy atom. The van der Waals surface area contributed by atoms with Crippen LogP contribution in [-0.2, 0) is 6.61 Å². The van der Waals surface area contributed by atoms with Crippen LogP contribution in [0.3, 0.4) is 0 Å². The lowest BCUT2D eigenvalue weighted by Crippen LogP contribution is -1.99. The minimum Gasteiger partial charge on any atom is -0.506 e. The van der Waals surface area contributed by atoms with Gasteiger partial charge in [-0.15, -0.1) is 10.2 Å². The third kappa shape index (κ3) is 3.82. The summed E-state index contributed by atoms with van der Waals surface area (Å²) in [6.45, 7) is 0.422. The van der Waals surface area contributed by atoms with Crippen LogP contribution in [0.15, 0.2) is 75.7 Å². The van der Waals surface area contributed by atoms with Crippen molar-refractivity contribution in [3.05, 3.63) is 81.2 Å². The summed E-state index contributed by atoms with van der Waals surface area (Å²) in [6, 6.07) is 21.6. The molecule has 0 aliphatic heterocycles. The van der Waals surface area contributed by atoms with E-state index in [2.05, 4.69) is 66.3 Å². The molecule has 1 aromatic heterocycles. The van der Waals surface area contributed by atoms with E-state index in [0.717, 1.165) is 11.1 Å². The van der Waals surface area contributed by atoms with Gasteiger partial charge >= 0.3 is 0 Å². The highest BCUT2D eigenvalue weighted by Crippen LogP contribution is 2.36. The molecular formula is C21H14Br2N2O2. The molecule has 4 aromatic rings. The van der Waals surface area contributed by atoms with Crippen molar-refractivity contribution in [2.24, 2.45) is 0 Å². The van der Waals surface area contributed by atoms with Crippen molar-refractivity contribution < 1.29 is 9.84 Å². The van der Waals surface area contributed by atoms with Crippen LogP contribution in [0.4, 0.5) is 0 Å². The van der Waals surface area contributed by atoms with Crippen molar-refractivity contribution >= 4 is 42.6 Å². The van der Waals surface area contributed by atoms with Crippen LogP contribution in [0.5, 0.6) is 11.6 Å². The molecule has 0 amide bonds. The molecule has 6 heteroatoms. The van der Waals surface area contributed by atoms with Gasteiger partial charge in [0.2, 0.25) is 5.88 Å². The summed E-state index contributed by atoms with van der Waals surface area (Å²) in [5.41, 5.74) is 2.62. The van der Waals surface area contributed by atoms with E-state index in [1.165, 1.54) is 10.8 Å². The molecular weight excluding hydrogens is 472 g/mol. The zero-order valence-electron chi connectivity index (χ0n) is 14.1. The zero-order valence-corrected chi connectivity index (χ0v) is 17.2. The summed E-state index contributed by atoms with van der Waals surface area (Å²) in [6.07, 6.45) is 0. The zero-order chi connectivity index (χ0) is 18.8. The molecule has 0 atom stereocenters. The Kier molecular flexibility index (Phi) is 5.09. The van der Waals surface area contributed by atoms with Crippen LogP contribution < -0.4 is 4.74 Å². The molecule has 0 saturated carbocycles. The van der Waals surface area contributed by atoms with E-state index in [1.54, 1.807) is 18.2 Å². The van der Waals surface area contributed by atoms with E-state index in [0.29, 0.717) is 27.1 Å². The second kappa shape index (κ2) is 7.66. The summed E-state index contributed by atoms with van der Waals surface area (Å²) in [5.74, 6) is 0.616. The van der Waals surface area contributed by atoms with Crippen LogP contribution in [0, 0.1) is 0 Å². The van der Waals surface area contributed by atoms with Crippen molar-refractivity contribution in [2.75, 3.05) is 0 Å². The van der Waals surface area contributed by atoms with Crippen molar-refractivity contribution in [3.8, 4) is 22.9 Å². The third-order valence-electron chi connectivity index (χ3n) is 4.21. The molecule has 27 heavy (non-hydrogen) atoms. The first-order valence-corrected chi connectivity index (χ1v) is 9.82. The van der Waals surface area contributed by atoms with Gasteiger partial charge in [0.1, 0.15) is 12.4 Å². The molecule has 0 fully saturated rings. The third-order valence-corrected chi connectivity index (χ3v) is 5.42. The molecule has 0 saturated heterocycles. The number of hydrogen-bond acceptors (Lipinski definition) is 4. The molecule has 4 nitrogen and oxygen atoms in total. The van der Waals surface area contributed by atoms with Crippen LogP contribution in [-0.4, -0.2) is 15.3 Å². The maximum absolute atomic E-state index is 9.83. The summed E-state index contributed by atoms with van der Waals surface area (Å²) >= 11 is 6.65. The quantitative estimate of drug-likeness (QED) is 0.379. The van der Waals surface area contributed by atoms with Gasteiger partial charge in [0, 0.05) is 11.6 Å². The topological polar surface area (TPSA) is 55.2 Å². The lowest BCUT2D eigenvalue weighted by Gasteiger charge is -2.09. The average molecular weight is 486 g/mol. The molecule has 4 rings (SSSR count). The summed E-state index contributed by atoms with van der Waals surface area (Å²) < 4.78 is 7.00. The van der Waals surface area contributed by atoms with Gasteiger partial charge in [0.15, 0.2) is 0 Å². The van der Waals surface area contributed by atoms with Crippen molar-refractivity contribution in [2.45, 2.75) is 6.61 Å². The van der Waals surface area contributed by atoms with Gasteiger partial charge in [0.05, 0.1) is 14.6 Å². The number of phenols is 1. The van der Waals surface area contributed by atoms with Gasteiger partial charge in [-0.2, -0.15) is 0 Å². The minimum atomic E-state index is 0.154. The largest absolute Gasteiger partial charge is 0.506 e. The molecule has 0 bridgehead atoms. The highest BCUT2D eigenvalue weighted by molar-refractivity contribution is 9.11. The molecule has 0 aliphatic carbocycles. The van der Waals surface area contributed by atoms with E-state index < -0.39 is 0 Å². The van der Waals surface area contributed by atoms with Gasteiger partial charge < -0.3 is 9.84 Å². The summed E-state index contributed by atoms with van der Waals surface area (Å²) in [7, 11) is 0. The van der Waals surface area contributed by atoms with Crippen LogP contribution in [0.1, 0.15) is 5.56 Å². The number of aromatic nitrogens is 2. The molecule has 1 heterocycles. The highest BCUT2D eigenvalue weighted by Gasteiger charge is 2.09. The molecule has 0 radical (unpaired) electrons. The SMILES string of the molecule is Oc1c(Br)cc(-c2ccc(OCc3cccc4ccccc34)nn2)cc1Br. The number of nitrogens with zero attached hydrogens (tertiary/aromatic N) is 2. The molecule has 0 spiro atoms. The van der Waals surface area contributed by atoms with Gasteiger partial charge in [0.25, 0.3) is 0 Å². The fraction of sp³-hybridized carbons (Fsp3) is 0.0476. The number of hydrogen-bond donors (Lipinski definition) is 1. The number of ether oxygens (including phenoxy) is 1. The van der Waals surface area contributed by atoms with Gasteiger partial charge in [-0.05, 0) is 66.4 Å². The summed E-state index contributed by atoms with van der Waals surface area (Å²) in [4.78, 5) is 0. The number of halogens is 2. The average Bonchev–Trinajstić information content (AvgIpc) is 2.70. The van der Waals surface area contributed by atoms with Gasteiger partial charge in [-0.3, -0.25) is 0 Å². The van der Waals surface area contributed by atoms with Crippen molar-refractivity contribution in [1.29, 1.82) is 0 Å². The van der Waals surface area contributed by atoms with E-state index in [9.17, 15) is 5.11 Å². The smallest absolute Gasteiger partial charge is 0.233 e. The fourth-order valence-electron chi connectivity index (χ4n) is 2.83. The maximum atomic E-state index is 9.83. The Morgan fingerprint density at radius 1 is 0.852 bits per heavy atom. The van der Waals surface area contributed by atoms with E-state index in [1.807, 2.05) is 24.3 Å². The Balaban J connectivity index is 1.53. The van der Waals surface area contributed by atoms with Crippen LogP contribution >= 0.6 is 31.9 Å². The molecule has 3 aromatic carbocycles. The number of fused-ring (bicyclic) bond motifs is 1. The maximum Gasteiger partial charge on any atom is 0.233 e. The first-order chi connectivity index (χ1) is 13.1. The van der Waals surface area contributed by atoms with Crippen LogP contribution in [0.25, 0.3) is 22.0 Å². The Labute approximate surface area is 173 Å². The molecule has 0 aliphatic rings. The monoisotopic (exact) mass is 484 g/mol. The van der Waals surface area contributed by atoms with Gasteiger partial charge in [-0.25, -0.2) is 0 Å². The van der Waals surface area contributed by atoms with E-state index in [-0.39, 0.29) is 5.75 Å². The first kappa shape index (κ1) is 17.9. The summed E-state index contributed by atoms with van der Waals surface area (Å²) in [5, 5.41) is 20.6. The minimum absolute atomic E-state index is 0.154. The lowest BCUT2D eigenvalue weighted by molar-refractivity contribution is 0.292. The standard InChI is InChI=1S/C21H14Br2N2O2/c22-17-10-15(11-18(23)21(17)26)19-8-9-20(25-24-19)27-12-14-6-3-5-13-4-1-2-7-16(13)14/h1-11,26H,12H2. The number of rotatable bonds is 4. The number of benzene rings is 3. The van der Waals surface area contributed by atoms with Crippen LogP contribution in [0.2, 0.25) is 0 Å². The fourth-order valence-corrected chi connectivity index (χ4v) is 4.02. The number of aromatic hydroxyl groups is 1. The number of phenolic OH excluding ortho intramolecular Hbond substituents is 1. The molecule has 1 N–H and O–H groups in total.